The molecule has 6 nitrogen and oxygen atoms in total. The summed E-state index contributed by atoms with van der Waals surface area (Å²) in [4.78, 5) is 28.1. The van der Waals surface area contributed by atoms with Crippen molar-refractivity contribution in [1.82, 2.24) is 10.0 Å². The van der Waals surface area contributed by atoms with Crippen molar-refractivity contribution in [3.05, 3.63) is 59.9 Å². The van der Waals surface area contributed by atoms with Crippen molar-refractivity contribution in [2.45, 2.75) is 25.4 Å². The van der Waals surface area contributed by atoms with Gasteiger partial charge in [0.05, 0.1) is 24.3 Å². The first-order valence-corrected chi connectivity index (χ1v) is 9.99. The molecule has 0 radical (unpaired) electrons. The third-order valence-corrected chi connectivity index (χ3v) is 6.02. The van der Waals surface area contributed by atoms with Crippen LogP contribution in [-0.2, 0) is 9.59 Å². The zero-order valence-electron chi connectivity index (χ0n) is 16.1. The highest BCUT2D eigenvalue weighted by Gasteiger charge is 2.62. The molecule has 29 heavy (non-hydrogen) atoms. The molecule has 3 atom stereocenters. The van der Waals surface area contributed by atoms with E-state index < -0.39 is 12.0 Å². The summed E-state index contributed by atoms with van der Waals surface area (Å²) in [6.07, 6.45) is 0.936. The van der Waals surface area contributed by atoms with E-state index in [1.54, 1.807) is 36.4 Å². The summed E-state index contributed by atoms with van der Waals surface area (Å²) in [6, 6.07) is 12.5. The number of carbonyl (C=O) groups is 2. The molecule has 2 amide bonds. The second-order valence-electron chi connectivity index (χ2n) is 7.59. The summed E-state index contributed by atoms with van der Waals surface area (Å²) in [5.74, 6) is -0.509. The SMILES string of the molecule is CCOc1ccc(N2C(=O)[C@@H]3[C@@H](C2=O)N2CCCN2[C@@H]3c2ccc(F)cc2)cc1. The van der Waals surface area contributed by atoms with Gasteiger partial charge in [0.25, 0.3) is 5.91 Å². The number of hydrogen-bond donors (Lipinski definition) is 0. The van der Waals surface area contributed by atoms with E-state index in [0.29, 0.717) is 18.0 Å². The molecule has 0 bridgehead atoms. The van der Waals surface area contributed by atoms with E-state index in [1.165, 1.54) is 17.0 Å². The van der Waals surface area contributed by atoms with Crippen molar-refractivity contribution in [3.63, 3.8) is 0 Å². The highest BCUT2D eigenvalue weighted by molar-refractivity contribution is 6.24. The first-order chi connectivity index (χ1) is 14.1. The number of hydrazine groups is 1. The summed E-state index contributed by atoms with van der Waals surface area (Å²) in [7, 11) is 0. The first-order valence-electron chi connectivity index (χ1n) is 9.99. The Morgan fingerprint density at radius 2 is 1.59 bits per heavy atom. The Morgan fingerprint density at radius 1 is 0.931 bits per heavy atom. The van der Waals surface area contributed by atoms with Gasteiger partial charge in [-0.2, -0.15) is 0 Å². The fourth-order valence-electron chi connectivity index (χ4n) is 4.89. The first kappa shape index (κ1) is 18.3. The molecule has 3 fully saturated rings. The van der Waals surface area contributed by atoms with E-state index in [0.717, 1.165) is 25.1 Å². The number of halogens is 1. The number of anilines is 1. The normalized spacial score (nSPS) is 26.8. The van der Waals surface area contributed by atoms with Crippen molar-refractivity contribution in [1.29, 1.82) is 0 Å². The van der Waals surface area contributed by atoms with Crippen LogP contribution >= 0.6 is 0 Å². The summed E-state index contributed by atoms with van der Waals surface area (Å²) < 4.78 is 18.9. The molecule has 3 heterocycles. The van der Waals surface area contributed by atoms with Crippen molar-refractivity contribution in [3.8, 4) is 5.75 Å². The highest BCUT2D eigenvalue weighted by Crippen LogP contribution is 2.48. The smallest absolute Gasteiger partial charge is 0.253 e. The van der Waals surface area contributed by atoms with Crippen LogP contribution < -0.4 is 9.64 Å². The number of imide groups is 1. The maximum atomic E-state index is 13.5. The van der Waals surface area contributed by atoms with Crippen molar-refractivity contribution in [2.24, 2.45) is 5.92 Å². The van der Waals surface area contributed by atoms with E-state index in [4.69, 9.17) is 4.74 Å². The molecule has 3 aliphatic heterocycles. The van der Waals surface area contributed by atoms with Crippen LogP contribution in [-0.4, -0.2) is 47.6 Å². The number of carbonyl (C=O) groups excluding carboxylic acids is 2. The van der Waals surface area contributed by atoms with Gasteiger partial charge in [-0.1, -0.05) is 12.1 Å². The van der Waals surface area contributed by atoms with Gasteiger partial charge in [-0.15, -0.1) is 0 Å². The molecule has 0 saturated carbocycles. The average Bonchev–Trinajstić information content (AvgIpc) is 3.36. The minimum Gasteiger partial charge on any atom is -0.494 e. The molecular formula is C22H22FN3O3. The second kappa shape index (κ2) is 6.93. The Balaban J connectivity index is 1.51. The lowest BCUT2D eigenvalue weighted by molar-refractivity contribution is -0.126. The van der Waals surface area contributed by atoms with Crippen LogP contribution in [0.5, 0.6) is 5.75 Å². The van der Waals surface area contributed by atoms with Gasteiger partial charge in [0, 0.05) is 13.1 Å². The number of fused-ring (bicyclic) bond motifs is 3. The monoisotopic (exact) mass is 395 g/mol. The van der Waals surface area contributed by atoms with Gasteiger partial charge in [-0.05, 0) is 55.3 Å². The van der Waals surface area contributed by atoms with E-state index in [2.05, 4.69) is 5.01 Å². The fourth-order valence-corrected chi connectivity index (χ4v) is 4.89. The lowest BCUT2D eigenvalue weighted by Gasteiger charge is -2.29. The van der Waals surface area contributed by atoms with Crippen LogP contribution in [0.3, 0.4) is 0 Å². The van der Waals surface area contributed by atoms with Gasteiger partial charge in [0.1, 0.15) is 17.6 Å². The van der Waals surface area contributed by atoms with E-state index in [1.807, 2.05) is 11.9 Å². The van der Waals surface area contributed by atoms with Crippen LogP contribution in [0.2, 0.25) is 0 Å². The molecule has 3 saturated heterocycles. The third kappa shape index (κ3) is 2.76. The molecule has 5 rings (SSSR count). The van der Waals surface area contributed by atoms with E-state index >= 15 is 0 Å². The summed E-state index contributed by atoms with van der Waals surface area (Å²) in [5.41, 5.74) is 1.42. The van der Waals surface area contributed by atoms with Crippen LogP contribution in [0.25, 0.3) is 0 Å². The zero-order chi connectivity index (χ0) is 20.1. The van der Waals surface area contributed by atoms with Crippen LogP contribution in [0.15, 0.2) is 48.5 Å². The maximum absolute atomic E-state index is 13.5. The van der Waals surface area contributed by atoms with Gasteiger partial charge < -0.3 is 4.74 Å². The molecule has 0 aromatic heterocycles. The lowest BCUT2D eigenvalue weighted by Crippen LogP contribution is -2.44. The molecule has 150 valence electrons. The minimum absolute atomic E-state index is 0.194. The summed E-state index contributed by atoms with van der Waals surface area (Å²) in [5, 5.41) is 4.15. The second-order valence-corrected chi connectivity index (χ2v) is 7.59. The van der Waals surface area contributed by atoms with E-state index in [-0.39, 0.29) is 23.7 Å². The lowest BCUT2D eigenvalue weighted by atomic mass is 9.90. The fraction of sp³-hybridized carbons (Fsp3) is 0.364. The topological polar surface area (TPSA) is 53.1 Å². The molecule has 0 spiro atoms. The van der Waals surface area contributed by atoms with Crippen LogP contribution in [0.1, 0.15) is 24.9 Å². The van der Waals surface area contributed by atoms with Gasteiger partial charge >= 0.3 is 0 Å². The van der Waals surface area contributed by atoms with Crippen molar-refractivity contribution < 1.29 is 18.7 Å². The Morgan fingerprint density at radius 3 is 2.24 bits per heavy atom. The third-order valence-electron chi connectivity index (χ3n) is 6.02. The van der Waals surface area contributed by atoms with Gasteiger partial charge in [-0.25, -0.2) is 19.3 Å². The molecule has 3 aliphatic rings. The van der Waals surface area contributed by atoms with Crippen molar-refractivity contribution in [2.75, 3.05) is 24.6 Å². The average molecular weight is 395 g/mol. The van der Waals surface area contributed by atoms with Crippen LogP contribution in [0, 0.1) is 11.7 Å². The zero-order valence-corrected chi connectivity index (χ0v) is 16.1. The predicted molar refractivity (Wildman–Crippen MR) is 105 cm³/mol. The number of nitrogens with zero attached hydrogens (tertiary/aromatic N) is 3. The van der Waals surface area contributed by atoms with Gasteiger partial charge in [0.2, 0.25) is 5.91 Å². The number of hydrogen-bond acceptors (Lipinski definition) is 5. The number of benzene rings is 2. The molecule has 2 aromatic carbocycles. The molecular weight excluding hydrogens is 373 g/mol. The van der Waals surface area contributed by atoms with E-state index in [9.17, 15) is 14.0 Å². The molecule has 0 aliphatic carbocycles. The van der Waals surface area contributed by atoms with Gasteiger partial charge in [0.15, 0.2) is 0 Å². The predicted octanol–water partition coefficient (Wildman–Crippen LogP) is 2.76. The Labute approximate surface area is 168 Å². The Hall–Kier alpha value is -2.77. The maximum Gasteiger partial charge on any atom is 0.253 e. The number of ether oxygens (including phenoxy) is 1. The summed E-state index contributed by atoms with van der Waals surface area (Å²) in [6.45, 7) is 3.99. The standard InChI is InChI=1S/C22H22FN3O3/c1-2-29-17-10-8-16(9-11-17)26-21(27)18-19(14-4-6-15(23)7-5-14)24-12-3-13-25(24)20(18)22(26)28/h4-11,18-20H,2-3,12-13H2,1H3/t18-,19+,20-/m0/s1. The van der Waals surface area contributed by atoms with Gasteiger partial charge in [-0.3, -0.25) is 9.59 Å². The van der Waals surface area contributed by atoms with Crippen LogP contribution in [0.4, 0.5) is 10.1 Å². The molecule has 0 unspecified atom stereocenters. The molecule has 0 N–H and O–H groups in total. The minimum atomic E-state index is -0.508. The van der Waals surface area contributed by atoms with Crippen molar-refractivity contribution >= 4 is 17.5 Å². The summed E-state index contributed by atoms with van der Waals surface area (Å²) >= 11 is 0. The number of amides is 2. The Kier molecular flexibility index (Phi) is 4.37. The highest BCUT2D eigenvalue weighted by atomic mass is 19.1. The molecule has 2 aromatic rings. The quantitative estimate of drug-likeness (QED) is 0.746. The molecule has 7 heteroatoms. The number of rotatable bonds is 4. The largest absolute Gasteiger partial charge is 0.494 e. The Bertz CT molecular complexity index is 947.